The van der Waals surface area contributed by atoms with Crippen LogP contribution in [0.5, 0.6) is 5.75 Å². The van der Waals surface area contributed by atoms with Crippen LogP contribution >= 0.6 is 0 Å². The second-order valence-electron chi connectivity index (χ2n) is 2.26. The molecule has 3 heteroatoms. The minimum atomic E-state index is 0.502. The van der Waals surface area contributed by atoms with Crippen molar-refractivity contribution >= 4 is 5.69 Å². The zero-order chi connectivity index (χ0) is 8.81. The van der Waals surface area contributed by atoms with Crippen LogP contribution in [-0.2, 0) is 0 Å². The van der Waals surface area contributed by atoms with Gasteiger partial charge in [0.25, 0.3) is 0 Å². The quantitative estimate of drug-likeness (QED) is 0.534. The Hall–Kier alpha value is -1.69. The summed E-state index contributed by atoms with van der Waals surface area (Å²) in [4.78, 5) is 3.86. The molecule has 0 spiro atoms. The van der Waals surface area contributed by atoms with Crippen molar-refractivity contribution in [1.82, 2.24) is 4.98 Å². The van der Waals surface area contributed by atoms with Crippen molar-refractivity contribution in [3.8, 4) is 18.1 Å². The molecule has 1 rings (SSSR count). The van der Waals surface area contributed by atoms with E-state index in [-0.39, 0.29) is 0 Å². The van der Waals surface area contributed by atoms with E-state index in [9.17, 15) is 0 Å². The molecule has 0 atom stereocenters. The summed E-state index contributed by atoms with van der Waals surface area (Å²) in [5, 5.41) is 0. The number of pyridine rings is 1. The Kier molecular flexibility index (Phi) is 2.97. The van der Waals surface area contributed by atoms with Crippen molar-refractivity contribution in [2.75, 3.05) is 12.3 Å². The lowest BCUT2D eigenvalue weighted by molar-refractivity contribution is 0.326. The molecule has 0 aliphatic carbocycles. The smallest absolute Gasteiger partial charge is 0.139 e. The first kappa shape index (κ1) is 8.41. The van der Waals surface area contributed by atoms with Gasteiger partial charge in [-0.3, -0.25) is 4.98 Å². The van der Waals surface area contributed by atoms with Crippen LogP contribution in [0.1, 0.15) is 6.42 Å². The highest BCUT2D eigenvalue weighted by Gasteiger charge is 1.92. The number of hydrogen-bond donors (Lipinski definition) is 1. The number of rotatable bonds is 3. The van der Waals surface area contributed by atoms with Crippen molar-refractivity contribution in [2.24, 2.45) is 0 Å². The third-order valence-corrected chi connectivity index (χ3v) is 1.25. The van der Waals surface area contributed by atoms with Gasteiger partial charge in [-0.25, -0.2) is 0 Å². The van der Waals surface area contributed by atoms with Crippen molar-refractivity contribution in [3.05, 3.63) is 18.5 Å². The van der Waals surface area contributed by atoms with Gasteiger partial charge < -0.3 is 10.5 Å². The maximum atomic E-state index is 5.48. The van der Waals surface area contributed by atoms with E-state index in [1.807, 2.05) is 0 Å². The lowest BCUT2D eigenvalue weighted by Crippen LogP contribution is -1.97. The van der Waals surface area contributed by atoms with E-state index in [1.165, 1.54) is 0 Å². The van der Waals surface area contributed by atoms with E-state index in [2.05, 4.69) is 10.9 Å². The molecule has 0 aliphatic heterocycles. The first-order chi connectivity index (χ1) is 5.83. The monoisotopic (exact) mass is 162 g/mol. The molecule has 2 N–H and O–H groups in total. The van der Waals surface area contributed by atoms with Crippen LogP contribution in [0.3, 0.4) is 0 Å². The number of hydrogen-bond acceptors (Lipinski definition) is 3. The molecule has 0 saturated carbocycles. The fraction of sp³-hybridized carbons (Fsp3) is 0.222. The standard InChI is InChI=1S/C9H10N2O/c1-2-3-4-12-9-5-8(10)6-11-7-9/h1,5-7H,3-4,10H2. The van der Waals surface area contributed by atoms with E-state index in [4.69, 9.17) is 16.9 Å². The molecule has 3 nitrogen and oxygen atoms in total. The maximum absolute atomic E-state index is 5.48. The first-order valence-corrected chi connectivity index (χ1v) is 3.59. The number of aromatic nitrogens is 1. The molecule has 1 heterocycles. The van der Waals surface area contributed by atoms with E-state index in [0.29, 0.717) is 24.5 Å². The molecule has 0 saturated heterocycles. The second-order valence-corrected chi connectivity index (χ2v) is 2.26. The predicted molar refractivity (Wildman–Crippen MR) is 47.6 cm³/mol. The third kappa shape index (κ3) is 2.51. The van der Waals surface area contributed by atoms with Gasteiger partial charge in [0.05, 0.1) is 24.7 Å². The summed E-state index contributed by atoms with van der Waals surface area (Å²) >= 11 is 0. The maximum Gasteiger partial charge on any atom is 0.139 e. The van der Waals surface area contributed by atoms with Crippen molar-refractivity contribution < 1.29 is 4.74 Å². The number of anilines is 1. The Labute approximate surface area is 71.6 Å². The zero-order valence-electron chi connectivity index (χ0n) is 6.66. The number of nitrogen functional groups attached to an aromatic ring is 1. The third-order valence-electron chi connectivity index (χ3n) is 1.25. The van der Waals surface area contributed by atoms with Crippen LogP contribution in [0.15, 0.2) is 18.5 Å². The molecule has 0 fully saturated rings. The highest BCUT2D eigenvalue weighted by molar-refractivity contribution is 5.39. The normalized spacial score (nSPS) is 8.92. The van der Waals surface area contributed by atoms with E-state index in [1.54, 1.807) is 18.5 Å². The number of nitrogens with zero attached hydrogens (tertiary/aromatic N) is 1. The molecule has 12 heavy (non-hydrogen) atoms. The van der Waals surface area contributed by atoms with Crippen molar-refractivity contribution in [1.29, 1.82) is 0 Å². The Morgan fingerprint density at radius 2 is 2.42 bits per heavy atom. The molecule has 1 aromatic heterocycles. The minimum Gasteiger partial charge on any atom is -0.491 e. The van der Waals surface area contributed by atoms with Gasteiger partial charge in [0.2, 0.25) is 0 Å². The SMILES string of the molecule is C#CCCOc1cncc(N)c1. The number of terminal acetylenes is 1. The summed E-state index contributed by atoms with van der Waals surface area (Å²) in [6.07, 6.45) is 8.81. The molecule has 0 aromatic carbocycles. The van der Waals surface area contributed by atoms with E-state index in [0.717, 1.165) is 0 Å². The summed E-state index contributed by atoms with van der Waals surface area (Å²) in [5.74, 6) is 3.13. The van der Waals surface area contributed by atoms with Gasteiger partial charge >= 0.3 is 0 Å². The van der Waals surface area contributed by atoms with Gasteiger partial charge in [-0.2, -0.15) is 0 Å². The molecule has 1 aromatic rings. The number of ether oxygens (including phenoxy) is 1. The molecule has 0 amide bonds. The van der Waals surface area contributed by atoms with E-state index < -0.39 is 0 Å². The largest absolute Gasteiger partial charge is 0.491 e. The molecular weight excluding hydrogens is 152 g/mol. The summed E-state index contributed by atoms with van der Waals surface area (Å²) < 4.78 is 5.24. The second kappa shape index (κ2) is 4.24. The molecular formula is C9H10N2O. The lowest BCUT2D eigenvalue weighted by atomic mass is 10.4. The Balaban J connectivity index is 2.48. The highest BCUT2D eigenvalue weighted by Crippen LogP contribution is 2.11. The summed E-state index contributed by atoms with van der Waals surface area (Å²) in [7, 11) is 0. The Morgan fingerprint density at radius 1 is 1.58 bits per heavy atom. The first-order valence-electron chi connectivity index (χ1n) is 3.59. The topological polar surface area (TPSA) is 48.1 Å². The van der Waals surface area contributed by atoms with Crippen LogP contribution in [-0.4, -0.2) is 11.6 Å². The zero-order valence-corrected chi connectivity index (χ0v) is 6.66. The molecule has 0 radical (unpaired) electrons. The fourth-order valence-corrected chi connectivity index (χ4v) is 0.742. The fourth-order valence-electron chi connectivity index (χ4n) is 0.742. The predicted octanol–water partition coefficient (Wildman–Crippen LogP) is 1.07. The highest BCUT2D eigenvalue weighted by atomic mass is 16.5. The average Bonchev–Trinajstić information content (AvgIpc) is 2.05. The summed E-state index contributed by atoms with van der Waals surface area (Å²) in [5.41, 5.74) is 6.07. The van der Waals surface area contributed by atoms with Crippen LogP contribution in [0.4, 0.5) is 5.69 Å². The van der Waals surface area contributed by atoms with Gasteiger partial charge in [0.15, 0.2) is 0 Å². The lowest BCUT2D eigenvalue weighted by Gasteiger charge is -2.02. The molecule has 0 bridgehead atoms. The summed E-state index contributed by atoms with van der Waals surface area (Å²) in [6, 6.07) is 1.71. The van der Waals surface area contributed by atoms with E-state index >= 15 is 0 Å². The van der Waals surface area contributed by atoms with Crippen LogP contribution < -0.4 is 10.5 Å². The molecule has 0 unspecified atom stereocenters. The average molecular weight is 162 g/mol. The van der Waals surface area contributed by atoms with Crippen LogP contribution in [0, 0.1) is 12.3 Å². The van der Waals surface area contributed by atoms with Crippen molar-refractivity contribution in [2.45, 2.75) is 6.42 Å². The van der Waals surface area contributed by atoms with Crippen LogP contribution in [0.2, 0.25) is 0 Å². The Bertz CT molecular complexity index is 291. The van der Waals surface area contributed by atoms with Crippen molar-refractivity contribution in [3.63, 3.8) is 0 Å². The number of nitrogens with two attached hydrogens (primary N) is 1. The van der Waals surface area contributed by atoms with Gasteiger partial charge in [-0.15, -0.1) is 12.3 Å². The Morgan fingerprint density at radius 3 is 3.08 bits per heavy atom. The van der Waals surface area contributed by atoms with Gasteiger partial charge in [-0.1, -0.05) is 0 Å². The summed E-state index contributed by atoms with van der Waals surface area (Å²) in [6.45, 7) is 0.502. The van der Waals surface area contributed by atoms with Gasteiger partial charge in [-0.05, 0) is 0 Å². The van der Waals surface area contributed by atoms with Gasteiger partial charge in [0.1, 0.15) is 5.75 Å². The van der Waals surface area contributed by atoms with Crippen LogP contribution in [0.25, 0.3) is 0 Å². The molecule has 62 valence electrons. The molecule has 0 aliphatic rings. The van der Waals surface area contributed by atoms with Gasteiger partial charge in [0, 0.05) is 12.5 Å². The minimum absolute atomic E-state index is 0.502.